The molecule has 1 N–H and O–H groups in total. The fraction of sp³-hybridized carbons (Fsp3) is 0.500. The highest BCUT2D eigenvalue weighted by molar-refractivity contribution is 5.57. The predicted octanol–water partition coefficient (Wildman–Crippen LogP) is 3.82. The molecule has 1 aromatic rings. The SMILES string of the molecule is C=C(C)CN(CC)c1cc(C)c(F)cc1C(C)NC. The summed E-state index contributed by atoms with van der Waals surface area (Å²) in [6, 6.07) is 3.70. The first-order valence-electron chi connectivity index (χ1n) is 6.77. The van der Waals surface area contributed by atoms with Gasteiger partial charge in [-0.25, -0.2) is 4.39 Å². The molecule has 0 aromatic heterocycles. The van der Waals surface area contributed by atoms with E-state index in [1.807, 2.05) is 27.0 Å². The molecule has 106 valence electrons. The van der Waals surface area contributed by atoms with Crippen molar-refractivity contribution in [3.05, 3.63) is 41.2 Å². The van der Waals surface area contributed by atoms with Crippen molar-refractivity contribution in [1.29, 1.82) is 0 Å². The molecule has 0 radical (unpaired) electrons. The zero-order chi connectivity index (χ0) is 14.6. The van der Waals surface area contributed by atoms with E-state index in [1.54, 1.807) is 13.0 Å². The lowest BCUT2D eigenvalue weighted by Gasteiger charge is -2.28. The monoisotopic (exact) mass is 264 g/mol. The van der Waals surface area contributed by atoms with Crippen LogP contribution in [0.5, 0.6) is 0 Å². The molecule has 1 unspecified atom stereocenters. The van der Waals surface area contributed by atoms with E-state index < -0.39 is 0 Å². The molecule has 1 rings (SSSR count). The standard InChI is InChI=1S/C16H25FN2/c1-7-19(10-11(2)3)16-8-12(4)15(17)9-14(16)13(5)18-6/h8-9,13,18H,2,7,10H2,1,3-6H3. The number of anilines is 1. The van der Waals surface area contributed by atoms with Crippen LogP contribution in [0.1, 0.15) is 37.9 Å². The first kappa shape index (κ1) is 15.7. The third-order valence-electron chi connectivity index (χ3n) is 3.39. The Morgan fingerprint density at radius 3 is 2.58 bits per heavy atom. The molecule has 0 fully saturated rings. The minimum Gasteiger partial charge on any atom is -0.368 e. The van der Waals surface area contributed by atoms with E-state index in [-0.39, 0.29) is 11.9 Å². The molecule has 2 nitrogen and oxygen atoms in total. The van der Waals surface area contributed by atoms with Gasteiger partial charge >= 0.3 is 0 Å². The number of nitrogens with one attached hydrogen (secondary N) is 1. The highest BCUT2D eigenvalue weighted by Crippen LogP contribution is 2.29. The second-order valence-electron chi connectivity index (χ2n) is 5.14. The Morgan fingerprint density at radius 2 is 2.11 bits per heavy atom. The molecule has 1 aromatic carbocycles. The van der Waals surface area contributed by atoms with Crippen LogP contribution >= 0.6 is 0 Å². The highest BCUT2D eigenvalue weighted by atomic mass is 19.1. The van der Waals surface area contributed by atoms with Gasteiger partial charge in [0.1, 0.15) is 5.82 Å². The maximum atomic E-state index is 13.8. The molecule has 0 bridgehead atoms. The van der Waals surface area contributed by atoms with Crippen molar-refractivity contribution >= 4 is 5.69 Å². The predicted molar refractivity (Wildman–Crippen MR) is 81.3 cm³/mol. The van der Waals surface area contributed by atoms with Gasteiger partial charge in [-0.15, -0.1) is 0 Å². The van der Waals surface area contributed by atoms with Gasteiger partial charge < -0.3 is 10.2 Å². The number of hydrogen-bond acceptors (Lipinski definition) is 2. The summed E-state index contributed by atoms with van der Waals surface area (Å²) < 4.78 is 13.8. The van der Waals surface area contributed by atoms with Crippen LogP contribution in [0.25, 0.3) is 0 Å². The van der Waals surface area contributed by atoms with E-state index in [4.69, 9.17) is 0 Å². The number of benzene rings is 1. The maximum absolute atomic E-state index is 13.8. The summed E-state index contributed by atoms with van der Waals surface area (Å²) in [4.78, 5) is 2.23. The minimum atomic E-state index is -0.146. The Bertz CT molecular complexity index is 454. The van der Waals surface area contributed by atoms with Crippen LogP contribution in [-0.2, 0) is 0 Å². The van der Waals surface area contributed by atoms with Gasteiger partial charge in [0.2, 0.25) is 0 Å². The molecule has 0 saturated heterocycles. The van der Waals surface area contributed by atoms with Crippen molar-refractivity contribution in [1.82, 2.24) is 5.32 Å². The van der Waals surface area contributed by atoms with Gasteiger partial charge in [0.15, 0.2) is 0 Å². The van der Waals surface area contributed by atoms with E-state index in [0.29, 0.717) is 5.56 Å². The third-order valence-corrected chi connectivity index (χ3v) is 3.39. The zero-order valence-electron chi connectivity index (χ0n) is 12.7. The van der Waals surface area contributed by atoms with E-state index in [2.05, 4.69) is 23.7 Å². The molecule has 1 atom stereocenters. The summed E-state index contributed by atoms with van der Waals surface area (Å²) in [7, 11) is 1.89. The van der Waals surface area contributed by atoms with Crippen LogP contribution in [-0.4, -0.2) is 20.1 Å². The molecular weight excluding hydrogens is 239 g/mol. The molecule has 0 aliphatic rings. The lowest BCUT2D eigenvalue weighted by Crippen LogP contribution is -2.27. The lowest BCUT2D eigenvalue weighted by atomic mass is 10.0. The molecule has 0 aliphatic heterocycles. The molecular formula is C16H25FN2. The van der Waals surface area contributed by atoms with E-state index in [9.17, 15) is 4.39 Å². The first-order chi connectivity index (χ1) is 8.90. The molecule has 3 heteroatoms. The van der Waals surface area contributed by atoms with Crippen LogP contribution in [0, 0.1) is 12.7 Å². The molecule has 19 heavy (non-hydrogen) atoms. The quantitative estimate of drug-likeness (QED) is 0.786. The van der Waals surface area contributed by atoms with E-state index in [1.165, 1.54) is 0 Å². The average Bonchev–Trinajstić information content (AvgIpc) is 2.37. The molecule has 0 spiro atoms. The minimum absolute atomic E-state index is 0.115. The summed E-state index contributed by atoms with van der Waals surface area (Å²) in [5.74, 6) is -0.146. The number of hydrogen-bond donors (Lipinski definition) is 1. The summed E-state index contributed by atoms with van der Waals surface area (Å²) in [6.07, 6.45) is 0. The Kier molecular flexibility index (Phi) is 5.55. The fourth-order valence-corrected chi connectivity index (χ4v) is 2.15. The van der Waals surface area contributed by atoms with Gasteiger partial charge in [-0.3, -0.25) is 0 Å². The van der Waals surface area contributed by atoms with Gasteiger partial charge in [0.05, 0.1) is 0 Å². The van der Waals surface area contributed by atoms with Gasteiger partial charge in [-0.05, 0) is 58.0 Å². The Balaban J connectivity index is 3.29. The normalized spacial score (nSPS) is 12.3. The van der Waals surface area contributed by atoms with E-state index >= 15 is 0 Å². The Hall–Kier alpha value is -1.35. The molecule has 0 saturated carbocycles. The van der Waals surface area contributed by atoms with Gasteiger partial charge in [0.25, 0.3) is 0 Å². The summed E-state index contributed by atoms with van der Waals surface area (Å²) >= 11 is 0. The number of halogens is 1. The van der Waals surface area contributed by atoms with E-state index in [0.717, 1.165) is 29.9 Å². The number of aryl methyl sites for hydroxylation is 1. The van der Waals surface area contributed by atoms with Crippen LogP contribution < -0.4 is 10.2 Å². The van der Waals surface area contributed by atoms with Gasteiger partial charge in [0, 0.05) is 24.8 Å². The Labute approximate surface area is 116 Å². The number of likely N-dealkylation sites (N-methyl/N-ethyl adjacent to an activating group) is 1. The van der Waals surface area contributed by atoms with Gasteiger partial charge in [-0.2, -0.15) is 0 Å². The van der Waals surface area contributed by atoms with Crippen LogP contribution in [0.3, 0.4) is 0 Å². The highest BCUT2D eigenvalue weighted by Gasteiger charge is 2.16. The largest absolute Gasteiger partial charge is 0.368 e. The number of nitrogens with zero attached hydrogens (tertiary/aromatic N) is 1. The summed E-state index contributed by atoms with van der Waals surface area (Å²) in [5, 5.41) is 3.18. The lowest BCUT2D eigenvalue weighted by molar-refractivity contribution is 0.600. The molecule has 0 heterocycles. The smallest absolute Gasteiger partial charge is 0.126 e. The first-order valence-corrected chi connectivity index (χ1v) is 6.77. The summed E-state index contributed by atoms with van der Waals surface area (Å²) in [5.41, 5.74) is 3.87. The van der Waals surface area contributed by atoms with Crippen LogP contribution in [0.2, 0.25) is 0 Å². The van der Waals surface area contributed by atoms with Crippen LogP contribution in [0.4, 0.5) is 10.1 Å². The topological polar surface area (TPSA) is 15.3 Å². The average molecular weight is 264 g/mol. The van der Waals surface area contributed by atoms with Gasteiger partial charge in [-0.1, -0.05) is 12.2 Å². The second kappa shape index (κ2) is 6.71. The molecule has 0 aliphatic carbocycles. The van der Waals surface area contributed by atoms with Crippen molar-refractivity contribution in [2.75, 3.05) is 25.0 Å². The Morgan fingerprint density at radius 1 is 1.47 bits per heavy atom. The fourth-order valence-electron chi connectivity index (χ4n) is 2.15. The number of rotatable bonds is 6. The molecule has 0 amide bonds. The van der Waals surface area contributed by atoms with Crippen molar-refractivity contribution in [2.45, 2.75) is 33.7 Å². The summed E-state index contributed by atoms with van der Waals surface area (Å²) in [6.45, 7) is 13.6. The van der Waals surface area contributed by atoms with Crippen molar-refractivity contribution < 1.29 is 4.39 Å². The van der Waals surface area contributed by atoms with Crippen molar-refractivity contribution in [3.63, 3.8) is 0 Å². The third kappa shape index (κ3) is 3.80. The van der Waals surface area contributed by atoms with Crippen molar-refractivity contribution in [2.24, 2.45) is 0 Å². The van der Waals surface area contributed by atoms with Crippen molar-refractivity contribution in [3.8, 4) is 0 Å². The zero-order valence-corrected chi connectivity index (χ0v) is 12.7. The maximum Gasteiger partial charge on any atom is 0.126 e. The second-order valence-corrected chi connectivity index (χ2v) is 5.14. The van der Waals surface area contributed by atoms with Crippen LogP contribution in [0.15, 0.2) is 24.3 Å².